The van der Waals surface area contributed by atoms with E-state index in [1.807, 2.05) is 44.0 Å². The Morgan fingerprint density at radius 2 is 2.04 bits per heavy atom. The van der Waals surface area contributed by atoms with Crippen molar-refractivity contribution in [2.45, 2.75) is 20.5 Å². The van der Waals surface area contributed by atoms with Crippen molar-refractivity contribution >= 4 is 11.5 Å². The highest BCUT2D eigenvalue weighted by molar-refractivity contribution is 6.01. The predicted octanol–water partition coefficient (Wildman–Crippen LogP) is 3.49. The van der Waals surface area contributed by atoms with Crippen molar-refractivity contribution in [1.29, 1.82) is 0 Å². The highest BCUT2D eigenvalue weighted by Crippen LogP contribution is 2.39. The van der Waals surface area contributed by atoms with E-state index in [2.05, 4.69) is 4.99 Å². The molecule has 1 heterocycles. The first-order chi connectivity index (χ1) is 12.9. The molecule has 142 valence electrons. The van der Waals surface area contributed by atoms with E-state index < -0.39 is 4.92 Å². The molecular weight excluding hydrogens is 346 g/mol. The monoisotopic (exact) mass is 369 g/mol. The summed E-state index contributed by atoms with van der Waals surface area (Å²) in [6, 6.07) is 9.30. The molecular formula is C20H23N3O4. The lowest BCUT2D eigenvalue weighted by molar-refractivity contribution is -0.386. The normalized spacial score (nSPS) is 13.5. The lowest BCUT2D eigenvalue weighted by Gasteiger charge is -2.17. The molecule has 0 aliphatic carbocycles. The van der Waals surface area contributed by atoms with E-state index in [1.165, 1.54) is 13.2 Å². The molecule has 0 radical (unpaired) electrons. The number of likely N-dealkylation sites (N-methyl/N-ethyl adjacent to an activating group) is 1. The van der Waals surface area contributed by atoms with Crippen molar-refractivity contribution in [2.75, 3.05) is 27.2 Å². The van der Waals surface area contributed by atoms with Crippen molar-refractivity contribution in [2.24, 2.45) is 4.99 Å². The minimum atomic E-state index is -0.444. The van der Waals surface area contributed by atoms with Gasteiger partial charge in [-0.1, -0.05) is 23.8 Å². The molecule has 1 aliphatic heterocycles. The van der Waals surface area contributed by atoms with Crippen molar-refractivity contribution < 1.29 is 14.4 Å². The Morgan fingerprint density at radius 3 is 2.67 bits per heavy atom. The molecule has 0 N–H and O–H groups in total. The van der Waals surface area contributed by atoms with Gasteiger partial charge in [-0.05, 0) is 31.0 Å². The van der Waals surface area contributed by atoms with Crippen molar-refractivity contribution in [3.8, 4) is 11.5 Å². The summed E-state index contributed by atoms with van der Waals surface area (Å²) >= 11 is 0. The van der Waals surface area contributed by atoms with Crippen LogP contribution in [0.15, 0.2) is 35.3 Å². The number of amidine groups is 1. The van der Waals surface area contributed by atoms with Gasteiger partial charge in [0.25, 0.3) is 0 Å². The first-order valence-corrected chi connectivity index (χ1v) is 8.72. The second-order valence-corrected chi connectivity index (χ2v) is 6.63. The number of nitro benzene ring substituents is 1. The number of aryl methyl sites for hydroxylation is 2. The van der Waals surface area contributed by atoms with Crippen LogP contribution < -0.4 is 9.47 Å². The SMILES string of the molecule is COc1cc(C2=NCCN2C)cc([N+](=O)[O-])c1OCc1cc(C)ccc1C. The van der Waals surface area contributed by atoms with E-state index in [-0.39, 0.29) is 18.0 Å². The summed E-state index contributed by atoms with van der Waals surface area (Å²) in [4.78, 5) is 17.6. The maximum Gasteiger partial charge on any atom is 0.315 e. The van der Waals surface area contributed by atoms with E-state index in [1.54, 1.807) is 6.07 Å². The summed E-state index contributed by atoms with van der Waals surface area (Å²) in [6.45, 7) is 5.68. The molecule has 27 heavy (non-hydrogen) atoms. The molecule has 1 aliphatic rings. The number of methoxy groups -OCH3 is 1. The molecule has 0 unspecified atom stereocenters. The van der Waals surface area contributed by atoms with Crippen LogP contribution in [0.3, 0.4) is 0 Å². The Bertz CT molecular complexity index is 908. The zero-order chi connectivity index (χ0) is 19.6. The third-order valence-electron chi connectivity index (χ3n) is 4.65. The van der Waals surface area contributed by atoms with Gasteiger partial charge < -0.3 is 14.4 Å². The molecule has 7 nitrogen and oxygen atoms in total. The third kappa shape index (κ3) is 3.86. The van der Waals surface area contributed by atoms with Crippen LogP contribution in [0.25, 0.3) is 0 Å². The fourth-order valence-corrected chi connectivity index (χ4v) is 3.10. The van der Waals surface area contributed by atoms with E-state index in [9.17, 15) is 10.1 Å². The van der Waals surface area contributed by atoms with E-state index in [4.69, 9.17) is 9.47 Å². The highest BCUT2D eigenvalue weighted by Gasteiger charge is 2.26. The van der Waals surface area contributed by atoms with Crippen molar-refractivity contribution in [1.82, 2.24) is 4.90 Å². The molecule has 7 heteroatoms. The first-order valence-electron chi connectivity index (χ1n) is 8.72. The number of rotatable bonds is 6. The summed E-state index contributed by atoms with van der Waals surface area (Å²) in [7, 11) is 3.39. The van der Waals surface area contributed by atoms with Gasteiger partial charge in [-0.25, -0.2) is 0 Å². The van der Waals surface area contributed by atoms with Crippen LogP contribution >= 0.6 is 0 Å². The van der Waals surface area contributed by atoms with Gasteiger partial charge >= 0.3 is 5.69 Å². The van der Waals surface area contributed by atoms with Crippen LogP contribution in [0.5, 0.6) is 11.5 Å². The zero-order valence-electron chi connectivity index (χ0n) is 16.0. The summed E-state index contributed by atoms with van der Waals surface area (Å²) in [5, 5.41) is 11.7. The standard InChI is InChI=1S/C20H23N3O4/c1-13-5-6-14(2)16(9-13)12-27-19-17(23(24)25)10-15(11-18(19)26-4)20-21-7-8-22(20)3/h5-6,9-11H,7-8,12H2,1-4H3. The largest absolute Gasteiger partial charge is 0.493 e. The van der Waals surface area contributed by atoms with Gasteiger partial charge in [-0.3, -0.25) is 15.1 Å². The molecule has 2 aromatic rings. The topological polar surface area (TPSA) is 77.2 Å². The van der Waals surface area contributed by atoms with Gasteiger partial charge in [-0.15, -0.1) is 0 Å². The minimum absolute atomic E-state index is 0.127. The van der Waals surface area contributed by atoms with Crippen LogP contribution in [0.4, 0.5) is 5.69 Å². The number of hydrogen-bond acceptors (Lipinski definition) is 6. The van der Waals surface area contributed by atoms with Crippen LogP contribution in [0.2, 0.25) is 0 Å². The van der Waals surface area contributed by atoms with Gasteiger partial charge in [0.2, 0.25) is 5.75 Å². The van der Waals surface area contributed by atoms with Crippen LogP contribution in [-0.2, 0) is 6.61 Å². The molecule has 0 saturated heterocycles. The van der Waals surface area contributed by atoms with E-state index in [0.29, 0.717) is 17.9 Å². The molecule has 0 atom stereocenters. The summed E-state index contributed by atoms with van der Waals surface area (Å²) in [5.41, 5.74) is 3.68. The second kappa shape index (κ2) is 7.65. The molecule has 3 rings (SSSR count). The van der Waals surface area contributed by atoms with Gasteiger partial charge in [-0.2, -0.15) is 0 Å². The number of nitrogens with zero attached hydrogens (tertiary/aromatic N) is 3. The Kier molecular flexibility index (Phi) is 5.30. The quantitative estimate of drug-likeness (QED) is 0.575. The number of benzene rings is 2. The average Bonchev–Trinajstić information content (AvgIpc) is 3.07. The Balaban J connectivity index is 1.98. The Labute approximate surface area is 158 Å². The second-order valence-electron chi connectivity index (χ2n) is 6.63. The molecule has 0 bridgehead atoms. The molecule has 0 amide bonds. The predicted molar refractivity (Wildman–Crippen MR) is 104 cm³/mol. The number of hydrogen-bond donors (Lipinski definition) is 0. The first kappa shape index (κ1) is 18.7. The van der Waals surface area contributed by atoms with Crippen molar-refractivity contribution in [3.05, 3.63) is 62.7 Å². The lowest BCUT2D eigenvalue weighted by Crippen LogP contribution is -2.23. The van der Waals surface area contributed by atoms with E-state index in [0.717, 1.165) is 29.1 Å². The minimum Gasteiger partial charge on any atom is -0.493 e. The van der Waals surface area contributed by atoms with Gasteiger partial charge in [0.1, 0.15) is 12.4 Å². The highest BCUT2D eigenvalue weighted by atomic mass is 16.6. The lowest BCUT2D eigenvalue weighted by atomic mass is 10.1. The van der Waals surface area contributed by atoms with Crippen molar-refractivity contribution in [3.63, 3.8) is 0 Å². The van der Waals surface area contributed by atoms with Gasteiger partial charge in [0, 0.05) is 25.2 Å². The fourth-order valence-electron chi connectivity index (χ4n) is 3.10. The molecule has 0 fully saturated rings. The number of ether oxygens (including phenoxy) is 2. The van der Waals surface area contributed by atoms with Crippen LogP contribution in [0, 0.1) is 24.0 Å². The van der Waals surface area contributed by atoms with Gasteiger partial charge in [0.05, 0.1) is 18.6 Å². The summed E-state index contributed by atoms with van der Waals surface area (Å²) < 4.78 is 11.3. The average molecular weight is 369 g/mol. The van der Waals surface area contributed by atoms with Crippen LogP contribution in [0.1, 0.15) is 22.3 Å². The smallest absolute Gasteiger partial charge is 0.315 e. The van der Waals surface area contributed by atoms with Crippen LogP contribution in [-0.4, -0.2) is 42.9 Å². The number of nitro groups is 1. The molecule has 0 aromatic heterocycles. The Morgan fingerprint density at radius 1 is 1.26 bits per heavy atom. The summed E-state index contributed by atoms with van der Waals surface area (Å²) in [6.07, 6.45) is 0. The molecule has 0 saturated carbocycles. The zero-order valence-corrected chi connectivity index (χ0v) is 16.0. The Hall–Kier alpha value is -3.09. The third-order valence-corrected chi connectivity index (χ3v) is 4.65. The molecule has 2 aromatic carbocycles. The summed E-state index contributed by atoms with van der Waals surface area (Å²) in [5.74, 6) is 1.18. The fraction of sp³-hybridized carbons (Fsp3) is 0.350. The number of aliphatic imine (C=N–C) groups is 1. The maximum absolute atomic E-state index is 11.7. The van der Waals surface area contributed by atoms with E-state index >= 15 is 0 Å². The molecule has 0 spiro atoms. The van der Waals surface area contributed by atoms with Gasteiger partial charge in [0.15, 0.2) is 5.75 Å². The maximum atomic E-state index is 11.7.